The topological polar surface area (TPSA) is 26.0 Å². The highest BCUT2D eigenvalue weighted by molar-refractivity contribution is 7.99. The van der Waals surface area contributed by atoms with Crippen LogP contribution in [0, 0.1) is 5.92 Å². The second-order valence-electron chi connectivity index (χ2n) is 4.01. The summed E-state index contributed by atoms with van der Waals surface area (Å²) in [5.74, 6) is 1.80. The number of anilines is 1. The predicted octanol–water partition coefficient (Wildman–Crippen LogP) is 3.55. The molecule has 1 aromatic rings. The average Bonchev–Trinajstić information content (AvgIpc) is 2.14. The predicted molar refractivity (Wildman–Crippen MR) is 66.4 cm³/mol. The van der Waals surface area contributed by atoms with Crippen LogP contribution >= 0.6 is 11.8 Å². The zero-order chi connectivity index (χ0) is 10.6. The van der Waals surface area contributed by atoms with E-state index in [1.165, 1.54) is 5.56 Å². The zero-order valence-electron chi connectivity index (χ0n) is 9.16. The Morgan fingerprint density at radius 2 is 2.00 bits per heavy atom. The summed E-state index contributed by atoms with van der Waals surface area (Å²) < 4.78 is 0. The van der Waals surface area contributed by atoms with Gasteiger partial charge in [0.1, 0.15) is 0 Å². The molecule has 0 saturated carbocycles. The maximum atomic E-state index is 5.72. The molecule has 0 amide bonds. The summed E-state index contributed by atoms with van der Waals surface area (Å²) in [4.78, 5) is 0. The lowest BCUT2D eigenvalue weighted by molar-refractivity contribution is 0.642. The normalized spacial score (nSPS) is 13.1. The highest BCUT2D eigenvalue weighted by atomic mass is 32.2. The van der Waals surface area contributed by atoms with Crippen molar-refractivity contribution in [3.8, 4) is 0 Å². The second kappa shape index (κ2) is 5.30. The Balaban J connectivity index is 2.45. The third-order valence-corrected chi connectivity index (χ3v) is 3.97. The second-order valence-corrected chi connectivity index (χ2v) is 5.37. The van der Waals surface area contributed by atoms with Gasteiger partial charge < -0.3 is 5.73 Å². The van der Waals surface area contributed by atoms with Crippen LogP contribution in [-0.2, 0) is 5.75 Å². The monoisotopic (exact) mass is 209 g/mol. The van der Waals surface area contributed by atoms with E-state index < -0.39 is 0 Å². The molecule has 0 fully saturated rings. The molecule has 0 aliphatic rings. The highest BCUT2D eigenvalue weighted by Crippen LogP contribution is 2.23. The van der Waals surface area contributed by atoms with Crippen molar-refractivity contribution in [3.63, 3.8) is 0 Å². The minimum absolute atomic E-state index is 0.705. The van der Waals surface area contributed by atoms with Crippen molar-refractivity contribution in [1.29, 1.82) is 0 Å². The van der Waals surface area contributed by atoms with Crippen LogP contribution in [0.5, 0.6) is 0 Å². The van der Waals surface area contributed by atoms with Gasteiger partial charge in [0, 0.05) is 16.7 Å². The van der Waals surface area contributed by atoms with E-state index in [0.29, 0.717) is 5.25 Å². The SMILES string of the molecule is CC(C)C(C)SCc1cccc(N)c1. The number of hydrogen-bond donors (Lipinski definition) is 1. The van der Waals surface area contributed by atoms with E-state index in [1.54, 1.807) is 0 Å². The Labute approximate surface area is 91.1 Å². The van der Waals surface area contributed by atoms with Crippen molar-refractivity contribution < 1.29 is 0 Å². The van der Waals surface area contributed by atoms with E-state index in [9.17, 15) is 0 Å². The maximum Gasteiger partial charge on any atom is 0.0317 e. The Kier molecular flexibility index (Phi) is 4.33. The van der Waals surface area contributed by atoms with Crippen LogP contribution in [-0.4, -0.2) is 5.25 Å². The number of nitrogen functional groups attached to an aromatic ring is 1. The number of nitrogens with two attached hydrogens (primary N) is 1. The Morgan fingerprint density at radius 3 is 2.57 bits per heavy atom. The lowest BCUT2D eigenvalue weighted by atomic mass is 10.2. The molecule has 1 rings (SSSR count). The van der Waals surface area contributed by atoms with Crippen LogP contribution in [0.3, 0.4) is 0 Å². The van der Waals surface area contributed by atoms with Crippen LogP contribution in [0.1, 0.15) is 26.3 Å². The molecule has 1 atom stereocenters. The first kappa shape index (κ1) is 11.4. The Morgan fingerprint density at radius 1 is 1.29 bits per heavy atom. The molecule has 0 bridgehead atoms. The fourth-order valence-electron chi connectivity index (χ4n) is 1.10. The quantitative estimate of drug-likeness (QED) is 0.767. The molecule has 1 aromatic carbocycles. The van der Waals surface area contributed by atoms with Gasteiger partial charge in [-0.25, -0.2) is 0 Å². The summed E-state index contributed by atoms with van der Waals surface area (Å²) in [5, 5.41) is 0.705. The van der Waals surface area contributed by atoms with E-state index in [-0.39, 0.29) is 0 Å². The van der Waals surface area contributed by atoms with Crippen LogP contribution < -0.4 is 5.73 Å². The van der Waals surface area contributed by atoms with E-state index in [2.05, 4.69) is 32.9 Å². The van der Waals surface area contributed by atoms with Gasteiger partial charge in [-0.3, -0.25) is 0 Å². The third kappa shape index (κ3) is 3.62. The van der Waals surface area contributed by atoms with Crippen LogP contribution in [0.25, 0.3) is 0 Å². The summed E-state index contributed by atoms with van der Waals surface area (Å²) in [6.45, 7) is 6.80. The van der Waals surface area contributed by atoms with Gasteiger partial charge >= 0.3 is 0 Å². The summed E-state index contributed by atoms with van der Waals surface area (Å²) in [6, 6.07) is 8.14. The smallest absolute Gasteiger partial charge is 0.0317 e. The Bertz CT molecular complexity index is 283. The molecule has 0 spiro atoms. The van der Waals surface area contributed by atoms with Crippen molar-refractivity contribution in [2.45, 2.75) is 31.8 Å². The summed E-state index contributed by atoms with van der Waals surface area (Å²) in [5.41, 5.74) is 7.90. The van der Waals surface area contributed by atoms with Gasteiger partial charge in [0.2, 0.25) is 0 Å². The maximum absolute atomic E-state index is 5.72. The average molecular weight is 209 g/mol. The van der Waals surface area contributed by atoms with E-state index >= 15 is 0 Å². The third-order valence-electron chi connectivity index (χ3n) is 2.40. The van der Waals surface area contributed by atoms with Gasteiger partial charge in [-0.2, -0.15) is 11.8 Å². The van der Waals surface area contributed by atoms with Crippen LogP contribution in [0.4, 0.5) is 5.69 Å². The standard InChI is InChI=1S/C12H19NS/c1-9(2)10(3)14-8-11-5-4-6-12(13)7-11/h4-7,9-10H,8,13H2,1-3H3. The molecule has 0 radical (unpaired) electrons. The molecule has 14 heavy (non-hydrogen) atoms. The lowest BCUT2D eigenvalue weighted by Crippen LogP contribution is -2.05. The van der Waals surface area contributed by atoms with Crippen molar-refractivity contribution >= 4 is 17.4 Å². The van der Waals surface area contributed by atoms with Gasteiger partial charge in [0.15, 0.2) is 0 Å². The first-order chi connectivity index (χ1) is 6.59. The summed E-state index contributed by atoms with van der Waals surface area (Å²) in [6.07, 6.45) is 0. The van der Waals surface area contributed by atoms with Crippen molar-refractivity contribution in [2.75, 3.05) is 5.73 Å². The van der Waals surface area contributed by atoms with Crippen molar-refractivity contribution in [2.24, 2.45) is 5.92 Å². The van der Waals surface area contributed by atoms with E-state index in [1.807, 2.05) is 23.9 Å². The molecule has 1 unspecified atom stereocenters. The first-order valence-electron chi connectivity index (χ1n) is 5.05. The number of benzene rings is 1. The van der Waals surface area contributed by atoms with Gasteiger partial charge in [-0.05, 0) is 23.6 Å². The molecule has 2 heteroatoms. The first-order valence-corrected chi connectivity index (χ1v) is 6.10. The molecule has 0 saturated heterocycles. The molecule has 2 N–H and O–H groups in total. The molecular weight excluding hydrogens is 190 g/mol. The molecule has 0 aromatic heterocycles. The van der Waals surface area contributed by atoms with Gasteiger partial charge in [-0.15, -0.1) is 0 Å². The van der Waals surface area contributed by atoms with Crippen molar-refractivity contribution in [1.82, 2.24) is 0 Å². The summed E-state index contributed by atoms with van der Waals surface area (Å²) in [7, 11) is 0. The molecular formula is C12H19NS. The fourth-order valence-corrected chi connectivity index (χ4v) is 2.12. The largest absolute Gasteiger partial charge is 0.399 e. The molecule has 0 aliphatic carbocycles. The van der Waals surface area contributed by atoms with Crippen LogP contribution in [0.15, 0.2) is 24.3 Å². The fraction of sp³-hybridized carbons (Fsp3) is 0.500. The van der Waals surface area contributed by atoms with Crippen LogP contribution in [0.2, 0.25) is 0 Å². The minimum Gasteiger partial charge on any atom is -0.399 e. The highest BCUT2D eigenvalue weighted by Gasteiger charge is 2.07. The Hall–Kier alpha value is -0.630. The zero-order valence-corrected chi connectivity index (χ0v) is 9.97. The molecule has 0 heterocycles. The number of thioether (sulfide) groups is 1. The van der Waals surface area contributed by atoms with E-state index in [4.69, 9.17) is 5.73 Å². The number of rotatable bonds is 4. The minimum atomic E-state index is 0.705. The molecule has 0 aliphatic heterocycles. The van der Waals surface area contributed by atoms with Crippen molar-refractivity contribution in [3.05, 3.63) is 29.8 Å². The molecule has 78 valence electrons. The molecule has 1 nitrogen and oxygen atoms in total. The van der Waals surface area contributed by atoms with Gasteiger partial charge in [-0.1, -0.05) is 32.9 Å². The van der Waals surface area contributed by atoms with Gasteiger partial charge in [0.05, 0.1) is 0 Å². The summed E-state index contributed by atoms with van der Waals surface area (Å²) >= 11 is 1.99. The number of hydrogen-bond acceptors (Lipinski definition) is 2. The van der Waals surface area contributed by atoms with E-state index in [0.717, 1.165) is 17.4 Å². The lowest BCUT2D eigenvalue weighted by Gasteiger charge is -2.14. The van der Waals surface area contributed by atoms with Gasteiger partial charge in [0.25, 0.3) is 0 Å².